The van der Waals surface area contributed by atoms with Crippen LogP contribution in [-0.2, 0) is 26.7 Å². The second kappa shape index (κ2) is 11.0. The monoisotopic (exact) mass is 565 g/mol. The molecule has 1 heterocycles. The van der Waals surface area contributed by atoms with Gasteiger partial charge in [-0.3, -0.25) is 4.79 Å². The number of benzene rings is 2. The molecule has 1 amide bonds. The van der Waals surface area contributed by atoms with E-state index in [1.807, 2.05) is 0 Å². The number of esters is 1. The molecule has 0 aliphatic carbocycles. The molecule has 0 saturated carbocycles. The molecule has 1 saturated heterocycles. The standard InChI is InChI=1S/C23H17F6NO5S2/c1-3-34-18(31)10-35-19-13(8-17-20(32)30-21(36)37-17)4-11(7-16(19)33-2)12-5-14(22(24,25)26)9-15(6-12)23(27,28)29/h4-9H,3,10H2,1-2H3,(H,30,32,36). The lowest BCUT2D eigenvalue weighted by Crippen LogP contribution is -2.17. The zero-order chi connectivity index (χ0) is 27.5. The van der Waals surface area contributed by atoms with Gasteiger partial charge in [-0.05, 0) is 54.5 Å². The van der Waals surface area contributed by atoms with Gasteiger partial charge >= 0.3 is 18.3 Å². The molecule has 0 aromatic heterocycles. The lowest BCUT2D eigenvalue weighted by Gasteiger charge is -2.18. The van der Waals surface area contributed by atoms with Gasteiger partial charge in [-0.25, -0.2) is 4.79 Å². The quantitative estimate of drug-likeness (QED) is 0.196. The molecule has 3 rings (SSSR count). The van der Waals surface area contributed by atoms with Gasteiger partial charge in [0.05, 0.1) is 29.7 Å². The van der Waals surface area contributed by atoms with Crippen LogP contribution in [0.5, 0.6) is 11.5 Å². The summed E-state index contributed by atoms with van der Waals surface area (Å²) in [7, 11) is 1.19. The fraction of sp³-hybridized carbons (Fsp3) is 0.261. The third kappa shape index (κ3) is 6.95. The van der Waals surface area contributed by atoms with Crippen molar-refractivity contribution in [2.45, 2.75) is 19.3 Å². The zero-order valence-corrected chi connectivity index (χ0v) is 20.6. The lowest BCUT2D eigenvalue weighted by atomic mass is 9.96. The summed E-state index contributed by atoms with van der Waals surface area (Å²) in [5.74, 6) is -1.53. The number of halogens is 6. The summed E-state index contributed by atoms with van der Waals surface area (Å²) >= 11 is 5.83. The minimum absolute atomic E-state index is 0.0148. The van der Waals surface area contributed by atoms with Crippen LogP contribution in [0.1, 0.15) is 23.6 Å². The van der Waals surface area contributed by atoms with E-state index < -0.39 is 47.5 Å². The number of hydrogen-bond acceptors (Lipinski definition) is 7. The predicted molar refractivity (Wildman–Crippen MR) is 127 cm³/mol. The van der Waals surface area contributed by atoms with Crippen LogP contribution in [0.2, 0.25) is 0 Å². The smallest absolute Gasteiger partial charge is 0.416 e. The second-order valence-electron chi connectivity index (χ2n) is 7.34. The van der Waals surface area contributed by atoms with Crippen LogP contribution in [-0.4, -0.2) is 36.5 Å². The van der Waals surface area contributed by atoms with E-state index in [1.54, 1.807) is 6.92 Å². The molecule has 6 nitrogen and oxygen atoms in total. The van der Waals surface area contributed by atoms with Crippen molar-refractivity contribution in [2.75, 3.05) is 20.3 Å². The topological polar surface area (TPSA) is 73.9 Å². The van der Waals surface area contributed by atoms with Crippen molar-refractivity contribution in [3.63, 3.8) is 0 Å². The van der Waals surface area contributed by atoms with Crippen LogP contribution in [0.3, 0.4) is 0 Å². The summed E-state index contributed by atoms with van der Waals surface area (Å²) < 4.78 is 96.2. The van der Waals surface area contributed by atoms with Crippen molar-refractivity contribution >= 4 is 46.3 Å². The van der Waals surface area contributed by atoms with E-state index in [2.05, 4.69) is 5.32 Å². The van der Waals surface area contributed by atoms with Crippen LogP contribution >= 0.6 is 24.0 Å². The van der Waals surface area contributed by atoms with Gasteiger partial charge in [0.25, 0.3) is 5.91 Å². The highest BCUT2D eigenvalue weighted by atomic mass is 32.2. The SMILES string of the molecule is CCOC(=O)COc1c(C=C2SC(=S)NC2=O)cc(-c2cc(C(F)(F)F)cc(C(F)(F)F)c2)cc1OC. The Balaban J connectivity index is 2.23. The maximum atomic E-state index is 13.4. The fourth-order valence-corrected chi connectivity index (χ4v) is 4.26. The number of rotatable bonds is 7. The van der Waals surface area contributed by atoms with Crippen molar-refractivity contribution in [3.8, 4) is 22.6 Å². The first-order valence-corrected chi connectivity index (χ1v) is 11.5. The number of thioether (sulfide) groups is 1. The molecule has 0 spiro atoms. The fourth-order valence-electron chi connectivity index (χ4n) is 3.22. The summed E-state index contributed by atoms with van der Waals surface area (Å²) in [5, 5.41) is 2.39. The molecule has 1 N–H and O–H groups in total. The van der Waals surface area contributed by atoms with E-state index in [1.165, 1.54) is 19.3 Å². The molecule has 1 fully saturated rings. The van der Waals surface area contributed by atoms with Crippen molar-refractivity contribution < 1.29 is 50.1 Å². The van der Waals surface area contributed by atoms with Crippen LogP contribution < -0.4 is 14.8 Å². The number of nitrogens with one attached hydrogen (secondary N) is 1. The molecule has 0 unspecified atom stereocenters. The van der Waals surface area contributed by atoms with Crippen LogP contribution in [0.15, 0.2) is 35.2 Å². The minimum Gasteiger partial charge on any atom is -0.493 e. The molecule has 0 atom stereocenters. The Kier molecular flexibility index (Phi) is 8.42. The predicted octanol–water partition coefficient (Wildman–Crippen LogP) is 5.83. The van der Waals surface area contributed by atoms with Crippen molar-refractivity contribution in [2.24, 2.45) is 0 Å². The zero-order valence-electron chi connectivity index (χ0n) is 19.0. The van der Waals surface area contributed by atoms with Gasteiger partial charge in [0, 0.05) is 5.56 Å². The second-order valence-corrected chi connectivity index (χ2v) is 9.06. The highest BCUT2D eigenvalue weighted by Gasteiger charge is 2.37. The molecule has 2 aromatic rings. The number of methoxy groups -OCH3 is 1. The Morgan fingerprint density at radius 1 is 1.03 bits per heavy atom. The molecular formula is C23H17F6NO5S2. The molecule has 0 radical (unpaired) electrons. The molecular weight excluding hydrogens is 548 g/mol. The number of amides is 1. The number of thiocarbonyl (C=S) groups is 1. The van der Waals surface area contributed by atoms with Gasteiger partial charge in [-0.15, -0.1) is 0 Å². The van der Waals surface area contributed by atoms with Crippen LogP contribution in [0.25, 0.3) is 17.2 Å². The summed E-state index contributed by atoms with van der Waals surface area (Å²) in [6, 6.07) is 3.50. The first-order chi connectivity index (χ1) is 17.2. The molecule has 1 aliphatic heterocycles. The summed E-state index contributed by atoms with van der Waals surface area (Å²) in [5.41, 5.74) is -3.50. The van der Waals surface area contributed by atoms with Crippen LogP contribution in [0.4, 0.5) is 26.3 Å². The Labute approximate surface area is 215 Å². The Morgan fingerprint density at radius 3 is 2.11 bits per heavy atom. The third-order valence-electron chi connectivity index (χ3n) is 4.79. The van der Waals surface area contributed by atoms with E-state index in [9.17, 15) is 35.9 Å². The van der Waals surface area contributed by atoms with Gasteiger partial charge in [0.15, 0.2) is 18.1 Å². The Bertz CT molecular complexity index is 1240. The number of ether oxygens (including phenoxy) is 3. The normalized spacial score (nSPS) is 15.1. The number of carbonyl (C=O) groups excluding carboxylic acids is 2. The van der Waals surface area contributed by atoms with Crippen molar-refractivity contribution in [1.82, 2.24) is 5.32 Å². The molecule has 1 aliphatic rings. The average molecular weight is 566 g/mol. The maximum absolute atomic E-state index is 13.4. The molecule has 37 heavy (non-hydrogen) atoms. The maximum Gasteiger partial charge on any atom is 0.416 e. The van der Waals surface area contributed by atoms with Gasteiger partial charge in [-0.2, -0.15) is 26.3 Å². The van der Waals surface area contributed by atoms with Crippen LogP contribution in [0, 0.1) is 0 Å². The first kappa shape index (κ1) is 28.3. The van der Waals surface area contributed by atoms with E-state index in [-0.39, 0.29) is 44.5 Å². The Morgan fingerprint density at radius 2 is 1.62 bits per heavy atom. The summed E-state index contributed by atoms with van der Waals surface area (Å²) in [6.07, 6.45) is -8.84. The van der Waals surface area contributed by atoms with E-state index in [4.69, 9.17) is 26.4 Å². The van der Waals surface area contributed by atoms with Gasteiger partial charge in [-0.1, -0.05) is 24.0 Å². The molecule has 198 valence electrons. The van der Waals surface area contributed by atoms with Crippen molar-refractivity contribution in [1.29, 1.82) is 0 Å². The highest BCUT2D eigenvalue weighted by Crippen LogP contribution is 2.43. The van der Waals surface area contributed by atoms with E-state index >= 15 is 0 Å². The lowest BCUT2D eigenvalue weighted by molar-refractivity contribution is -0.145. The molecule has 14 heteroatoms. The summed E-state index contributed by atoms with van der Waals surface area (Å²) in [6.45, 7) is 1.06. The number of alkyl halides is 6. The van der Waals surface area contributed by atoms with E-state index in [0.717, 1.165) is 17.8 Å². The number of carbonyl (C=O) groups is 2. The highest BCUT2D eigenvalue weighted by molar-refractivity contribution is 8.26. The van der Waals surface area contributed by atoms with Gasteiger partial charge in [0.1, 0.15) is 4.32 Å². The minimum atomic E-state index is -5.05. The molecule has 0 bridgehead atoms. The van der Waals surface area contributed by atoms with Gasteiger partial charge in [0.2, 0.25) is 0 Å². The summed E-state index contributed by atoms with van der Waals surface area (Å²) in [4.78, 5) is 24.1. The average Bonchev–Trinajstić information content (AvgIpc) is 3.12. The first-order valence-electron chi connectivity index (χ1n) is 10.3. The van der Waals surface area contributed by atoms with Crippen molar-refractivity contribution in [3.05, 3.63) is 51.9 Å². The third-order valence-corrected chi connectivity index (χ3v) is 5.96. The Hall–Kier alpha value is -3.26. The van der Waals surface area contributed by atoms with E-state index in [0.29, 0.717) is 12.1 Å². The largest absolute Gasteiger partial charge is 0.493 e. The molecule has 2 aromatic carbocycles. The number of hydrogen-bond donors (Lipinski definition) is 1. The van der Waals surface area contributed by atoms with Gasteiger partial charge < -0.3 is 19.5 Å².